The molecule has 4 rings (SSSR count). The molecule has 0 aliphatic heterocycles. The number of hydrogen-bond acceptors (Lipinski definition) is 6. The van der Waals surface area contributed by atoms with E-state index < -0.39 is 11.8 Å². The number of thioether (sulfide) groups is 1. The van der Waals surface area contributed by atoms with Crippen molar-refractivity contribution in [2.24, 2.45) is 0 Å². The second kappa shape index (κ2) is 15.1. The van der Waals surface area contributed by atoms with Crippen molar-refractivity contribution < 1.29 is 23.5 Å². The molecule has 0 radical (unpaired) electrons. The van der Waals surface area contributed by atoms with Gasteiger partial charge in [-0.15, -0.1) is 11.8 Å². The Morgan fingerprint density at radius 3 is 2.41 bits per heavy atom. The van der Waals surface area contributed by atoms with Gasteiger partial charge in [0.2, 0.25) is 5.91 Å². The lowest BCUT2D eigenvalue weighted by Gasteiger charge is -2.12. The van der Waals surface area contributed by atoms with Crippen LogP contribution in [0.4, 0.5) is 11.4 Å². The molecule has 0 saturated heterocycles. The Morgan fingerprint density at radius 2 is 1.68 bits per heavy atom. The Kier molecular flexibility index (Phi) is 10.8. The van der Waals surface area contributed by atoms with Crippen LogP contribution in [0.5, 0.6) is 5.75 Å². The molecule has 210 valence electrons. The fraction of sp³-hybridized carbons (Fsp3) is 0.156. The standard InChI is InChI=1S/C32H31N3O5S/c1-2-3-18-39-26-16-14-24(15-17-26)33-30(36)22-41-28-13-7-11-25(20-28)34-32(38)29(21-27-12-8-19-40-27)35-31(37)23-9-5-4-6-10-23/h4-17,19-21H,2-3,18,22H2,1H3,(H,33,36)(H,34,38)(H,35,37)/b29-21-. The summed E-state index contributed by atoms with van der Waals surface area (Å²) in [4.78, 5) is 39.2. The van der Waals surface area contributed by atoms with Crippen molar-refractivity contribution >= 4 is 46.9 Å². The van der Waals surface area contributed by atoms with E-state index in [1.54, 1.807) is 60.7 Å². The summed E-state index contributed by atoms with van der Waals surface area (Å²) < 4.78 is 11.0. The monoisotopic (exact) mass is 569 g/mol. The molecule has 0 aliphatic rings. The van der Waals surface area contributed by atoms with Crippen LogP contribution in [-0.4, -0.2) is 30.1 Å². The number of carbonyl (C=O) groups is 3. The summed E-state index contributed by atoms with van der Waals surface area (Å²) in [6, 6.07) is 26.4. The first-order chi connectivity index (χ1) is 20.0. The molecule has 0 aliphatic carbocycles. The summed E-state index contributed by atoms with van der Waals surface area (Å²) in [5, 5.41) is 8.36. The van der Waals surface area contributed by atoms with Crippen LogP contribution in [0.2, 0.25) is 0 Å². The van der Waals surface area contributed by atoms with E-state index in [9.17, 15) is 14.4 Å². The van der Waals surface area contributed by atoms with Crippen molar-refractivity contribution in [1.82, 2.24) is 5.32 Å². The molecule has 0 bridgehead atoms. The molecule has 3 amide bonds. The molecule has 1 aromatic heterocycles. The minimum Gasteiger partial charge on any atom is -0.494 e. The summed E-state index contributed by atoms with van der Waals surface area (Å²) in [6.45, 7) is 2.78. The molecule has 0 fully saturated rings. The van der Waals surface area contributed by atoms with Gasteiger partial charge in [-0.25, -0.2) is 0 Å². The first-order valence-corrected chi connectivity index (χ1v) is 14.2. The maximum atomic E-state index is 13.2. The zero-order valence-corrected chi connectivity index (χ0v) is 23.4. The minimum absolute atomic E-state index is 0.0213. The van der Waals surface area contributed by atoms with Crippen LogP contribution in [0.25, 0.3) is 6.08 Å². The Labute approximate surface area is 243 Å². The van der Waals surface area contributed by atoms with Crippen LogP contribution < -0.4 is 20.7 Å². The van der Waals surface area contributed by atoms with E-state index in [2.05, 4.69) is 22.9 Å². The van der Waals surface area contributed by atoms with Crippen LogP contribution in [0.3, 0.4) is 0 Å². The highest BCUT2D eigenvalue weighted by atomic mass is 32.2. The largest absolute Gasteiger partial charge is 0.494 e. The Bertz CT molecular complexity index is 1470. The zero-order valence-electron chi connectivity index (χ0n) is 22.6. The van der Waals surface area contributed by atoms with Crippen LogP contribution in [0, 0.1) is 0 Å². The van der Waals surface area contributed by atoms with E-state index in [1.807, 2.05) is 30.3 Å². The van der Waals surface area contributed by atoms with Gasteiger partial charge in [0.25, 0.3) is 11.8 Å². The summed E-state index contributed by atoms with van der Waals surface area (Å²) in [5.74, 6) is 0.267. The average molecular weight is 570 g/mol. The summed E-state index contributed by atoms with van der Waals surface area (Å²) in [7, 11) is 0. The zero-order chi connectivity index (χ0) is 28.9. The molecule has 4 aromatic rings. The highest BCUT2D eigenvalue weighted by Crippen LogP contribution is 2.23. The van der Waals surface area contributed by atoms with E-state index in [0.29, 0.717) is 29.3 Å². The lowest BCUT2D eigenvalue weighted by Crippen LogP contribution is -2.30. The van der Waals surface area contributed by atoms with Gasteiger partial charge in [0.15, 0.2) is 0 Å². The third-order valence-electron chi connectivity index (χ3n) is 5.73. The van der Waals surface area contributed by atoms with Crippen LogP contribution in [-0.2, 0) is 9.59 Å². The number of unbranched alkanes of at least 4 members (excludes halogenated alkanes) is 1. The van der Waals surface area contributed by atoms with Gasteiger partial charge in [0, 0.05) is 27.9 Å². The van der Waals surface area contributed by atoms with Crippen molar-refractivity contribution in [1.29, 1.82) is 0 Å². The average Bonchev–Trinajstić information content (AvgIpc) is 3.51. The summed E-state index contributed by atoms with van der Waals surface area (Å²) in [6.07, 6.45) is 5.00. The number of ether oxygens (including phenoxy) is 1. The lowest BCUT2D eigenvalue weighted by molar-refractivity contribution is -0.114. The first kappa shape index (κ1) is 29.2. The number of benzene rings is 3. The summed E-state index contributed by atoms with van der Waals surface area (Å²) >= 11 is 1.34. The molecular formula is C32H31N3O5S. The van der Waals surface area contributed by atoms with Gasteiger partial charge < -0.3 is 25.1 Å². The van der Waals surface area contributed by atoms with Gasteiger partial charge in [-0.05, 0) is 73.2 Å². The second-order valence-corrected chi connectivity index (χ2v) is 9.99. The normalized spacial score (nSPS) is 11.0. The molecule has 0 spiro atoms. The van der Waals surface area contributed by atoms with Gasteiger partial charge in [-0.3, -0.25) is 14.4 Å². The van der Waals surface area contributed by atoms with Crippen molar-refractivity contribution in [3.8, 4) is 5.75 Å². The number of carbonyl (C=O) groups excluding carboxylic acids is 3. The molecule has 0 atom stereocenters. The van der Waals surface area contributed by atoms with E-state index in [1.165, 1.54) is 24.1 Å². The smallest absolute Gasteiger partial charge is 0.272 e. The summed E-state index contributed by atoms with van der Waals surface area (Å²) in [5.41, 5.74) is 1.64. The van der Waals surface area contributed by atoms with Crippen LogP contribution in [0.15, 0.2) is 112 Å². The highest BCUT2D eigenvalue weighted by molar-refractivity contribution is 8.00. The van der Waals surface area contributed by atoms with Crippen molar-refractivity contribution in [3.05, 3.63) is 114 Å². The highest BCUT2D eigenvalue weighted by Gasteiger charge is 2.16. The van der Waals surface area contributed by atoms with Gasteiger partial charge in [0.1, 0.15) is 17.2 Å². The minimum atomic E-state index is -0.521. The SMILES string of the molecule is CCCCOc1ccc(NC(=O)CSc2cccc(NC(=O)/C(=C/c3ccco3)NC(=O)c3ccccc3)c2)cc1. The number of hydrogen-bond donors (Lipinski definition) is 3. The van der Waals surface area contributed by atoms with Crippen LogP contribution >= 0.6 is 11.8 Å². The van der Waals surface area contributed by atoms with Crippen molar-refractivity contribution in [2.75, 3.05) is 23.0 Å². The molecule has 1 heterocycles. The fourth-order valence-electron chi connectivity index (χ4n) is 3.63. The topological polar surface area (TPSA) is 110 Å². The molecule has 0 unspecified atom stereocenters. The third kappa shape index (κ3) is 9.44. The van der Waals surface area contributed by atoms with E-state index in [0.717, 1.165) is 23.5 Å². The van der Waals surface area contributed by atoms with E-state index in [4.69, 9.17) is 9.15 Å². The van der Waals surface area contributed by atoms with Crippen molar-refractivity contribution in [3.63, 3.8) is 0 Å². The molecule has 9 heteroatoms. The number of rotatable bonds is 13. The lowest BCUT2D eigenvalue weighted by atomic mass is 10.2. The number of nitrogens with one attached hydrogen (secondary N) is 3. The van der Waals surface area contributed by atoms with E-state index in [-0.39, 0.29) is 17.4 Å². The van der Waals surface area contributed by atoms with E-state index >= 15 is 0 Å². The fourth-order valence-corrected chi connectivity index (χ4v) is 4.39. The number of anilines is 2. The molecule has 3 aromatic carbocycles. The molecule has 0 saturated carbocycles. The molecule has 41 heavy (non-hydrogen) atoms. The van der Waals surface area contributed by atoms with Gasteiger partial charge in [0.05, 0.1) is 18.6 Å². The Morgan fingerprint density at radius 1 is 0.878 bits per heavy atom. The molecule has 3 N–H and O–H groups in total. The third-order valence-corrected chi connectivity index (χ3v) is 6.72. The molecular weight excluding hydrogens is 538 g/mol. The maximum Gasteiger partial charge on any atom is 0.272 e. The van der Waals surface area contributed by atoms with Gasteiger partial charge >= 0.3 is 0 Å². The van der Waals surface area contributed by atoms with Gasteiger partial charge in [-0.1, -0.05) is 37.6 Å². The Hall–Kier alpha value is -4.76. The molecule has 8 nitrogen and oxygen atoms in total. The number of amides is 3. The maximum absolute atomic E-state index is 13.2. The predicted molar refractivity (Wildman–Crippen MR) is 162 cm³/mol. The second-order valence-electron chi connectivity index (χ2n) is 8.94. The first-order valence-electron chi connectivity index (χ1n) is 13.2. The van der Waals surface area contributed by atoms with Crippen molar-refractivity contribution in [2.45, 2.75) is 24.7 Å². The predicted octanol–water partition coefficient (Wildman–Crippen LogP) is 6.60. The number of furan rings is 1. The van der Waals surface area contributed by atoms with Crippen LogP contribution in [0.1, 0.15) is 35.9 Å². The quantitative estimate of drug-likeness (QED) is 0.0951. The Balaban J connectivity index is 1.34. The van der Waals surface area contributed by atoms with Gasteiger partial charge in [-0.2, -0.15) is 0 Å².